The van der Waals surface area contributed by atoms with Crippen LogP contribution in [0.15, 0.2) is 35.2 Å². The van der Waals surface area contributed by atoms with Crippen molar-refractivity contribution in [1.82, 2.24) is 5.32 Å². The van der Waals surface area contributed by atoms with Gasteiger partial charge in [0.25, 0.3) is 5.91 Å². The summed E-state index contributed by atoms with van der Waals surface area (Å²) in [5, 5.41) is 34.1. The number of halogens is 4. The molecule has 0 heterocycles. The lowest BCUT2D eigenvalue weighted by Crippen LogP contribution is -2.51. The number of carbonyl (C=O) groups is 2. The van der Waals surface area contributed by atoms with Gasteiger partial charge in [0.15, 0.2) is 27.3 Å². The monoisotopic (exact) mass is 618 g/mol. The fourth-order valence-electron chi connectivity index (χ4n) is 5.73. The van der Waals surface area contributed by atoms with Crippen molar-refractivity contribution in [3.8, 4) is 0 Å². The average Bonchev–Trinajstić information content (AvgIpc) is 3.06. The summed E-state index contributed by atoms with van der Waals surface area (Å²) in [5.41, 5.74) is -2.00. The summed E-state index contributed by atoms with van der Waals surface area (Å²) in [6.07, 6.45) is -1.44. The molecule has 0 saturated heterocycles. The van der Waals surface area contributed by atoms with Crippen molar-refractivity contribution in [3.05, 3.63) is 58.4 Å². The third-order valence-electron chi connectivity index (χ3n) is 8.06. The van der Waals surface area contributed by atoms with E-state index in [1.54, 1.807) is 0 Å². The molecular weight excluding hydrogens is 589 g/mol. The fraction of sp³-hybridized carbons (Fsp3) is 0.481. The van der Waals surface area contributed by atoms with Crippen LogP contribution in [0.25, 0.3) is 0 Å². The molecule has 0 radical (unpaired) electrons. The minimum absolute atomic E-state index is 0.0415. The van der Waals surface area contributed by atoms with Gasteiger partial charge in [-0.15, -0.1) is 0 Å². The maximum Gasteiger partial charge on any atom is 0.255 e. The first-order valence-electron chi connectivity index (χ1n) is 13.0. The molecule has 41 heavy (non-hydrogen) atoms. The van der Waals surface area contributed by atoms with Crippen LogP contribution in [0.4, 0.5) is 18.9 Å². The Hall–Kier alpha value is -2.71. The van der Waals surface area contributed by atoms with Gasteiger partial charge in [0.2, 0.25) is 5.91 Å². The van der Waals surface area contributed by atoms with Gasteiger partial charge in [-0.25, -0.2) is 21.6 Å². The number of carbonyl (C=O) groups excluding carboxylic acids is 2. The van der Waals surface area contributed by atoms with Crippen molar-refractivity contribution in [1.29, 1.82) is 0 Å². The van der Waals surface area contributed by atoms with Crippen molar-refractivity contribution in [2.24, 2.45) is 11.8 Å². The Bertz CT molecular complexity index is 1420. The van der Waals surface area contributed by atoms with E-state index in [4.69, 9.17) is 11.6 Å². The summed E-state index contributed by atoms with van der Waals surface area (Å²) in [7, 11) is -4.13. The number of rotatable bonds is 9. The highest BCUT2D eigenvalue weighted by Gasteiger charge is 2.56. The van der Waals surface area contributed by atoms with E-state index in [1.807, 2.05) is 0 Å². The standard InChI is InChI=1S/C27H30ClF3N2O7S/c1-13(34)22(35)12-32-24(36)11-27(38)15-3-4-16(27)8-18(7-15)41(39,40)23-6-14(2-5-19(23)28)26(37)33-17-9-20(29)25(31)21(30)10-17/h2,5-6,9-10,13,15-16,18,22,34-35,38H,3-4,7-8,11-12H2,1H3,(H,32,36)(H,33,37)/t13?,15-,16?,18-,22?,27-/m0/s1. The topological polar surface area (TPSA) is 153 Å². The summed E-state index contributed by atoms with van der Waals surface area (Å²) in [6.45, 7) is 1.17. The van der Waals surface area contributed by atoms with Crippen LogP contribution in [0.5, 0.6) is 0 Å². The second kappa shape index (κ2) is 11.9. The van der Waals surface area contributed by atoms with Crippen LogP contribution in [0.1, 0.15) is 49.4 Å². The van der Waals surface area contributed by atoms with E-state index in [9.17, 15) is 46.5 Å². The fourth-order valence-corrected chi connectivity index (χ4v) is 8.14. The summed E-state index contributed by atoms with van der Waals surface area (Å²) in [5.74, 6) is -7.19. The predicted octanol–water partition coefficient (Wildman–Crippen LogP) is 2.95. The molecule has 2 aromatic carbocycles. The van der Waals surface area contributed by atoms with E-state index in [0.717, 1.165) is 6.07 Å². The maximum atomic E-state index is 13.7. The Labute approximate surface area is 239 Å². The largest absolute Gasteiger partial charge is 0.391 e. The van der Waals surface area contributed by atoms with Crippen LogP contribution in [-0.2, 0) is 14.6 Å². The lowest BCUT2D eigenvalue weighted by Gasteiger charge is -2.42. The molecule has 4 rings (SSSR count). The van der Waals surface area contributed by atoms with Crippen molar-refractivity contribution in [3.63, 3.8) is 0 Å². The highest BCUT2D eigenvalue weighted by molar-refractivity contribution is 7.92. The number of anilines is 1. The quantitative estimate of drug-likeness (QED) is 0.271. The van der Waals surface area contributed by atoms with Gasteiger partial charge >= 0.3 is 0 Å². The zero-order valence-electron chi connectivity index (χ0n) is 21.9. The van der Waals surface area contributed by atoms with Gasteiger partial charge < -0.3 is 26.0 Å². The first kappa shape index (κ1) is 31.2. The van der Waals surface area contributed by atoms with Gasteiger partial charge in [0, 0.05) is 29.9 Å². The van der Waals surface area contributed by atoms with E-state index in [-0.39, 0.29) is 47.0 Å². The van der Waals surface area contributed by atoms with Gasteiger partial charge in [-0.3, -0.25) is 9.59 Å². The molecule has 2 aliphatic carbocycles. The predicted molar refractivity (Wildman–Crippen MR) is 142 cm³/mol. The minimum Gasteiger partial charge on any atom is -0.391 e. The highest BCUT2D eigenvalue weighted by atomic mass is 35.5. The molecule has 0 spiro atoms. The lowest BCUT2D eigenvalue weighted by molar-refractivity contribution is -0.133. The summed E-state index contributed by atoms with van der Waals surface area (Å²) in [6, 6.07) is 4.64. The molecule has 5 N–H and O–H groups in total. The van der Waals surface area contributed by atoms with E-state index >= 15 is 0 Å². The van der Waals surface area contributed by atoms with Crippen molar-refractivity contribution < 1.29 is 46.5 Å². The van der Waals surface area contributed by atoms with E-state index in [2.05, 4.69) is 10.6 Å². The number of sulfone groups is 1. The first-order chi connectivity index (χ1) is 19.1. The molecule has 2 aromatic rings. The Morgan fingerprint density at radius 1 is 1.07 bits per heavy atom. The van der Waals surface area contributed by atoms with E-state index in [1.165, 1.54) is 19.1 Å². The summed E-state index contributed by atoms with van der Waals surface area (Å²) >= 11 is 6.23. The molecule has 2 fully saturated rings. The van der Waals surface area contributed by atoms with Crippen LogP contribution < -0.4 is 10.6 Å². The molecule has 2 bridgehead atoms. The zero-order valence-corrected chi connectivity index (χ0v) is 23.5. The second-order valence-corrected chi connectivity index (χ2v) is 13.3. The lowest BCUT2D eigenvalue weighted by atomic mass is 9.72. The number of fused-ring (bicyclic) bond motifs is 2. The molecular formula is C27H30ClF3N2O7S. The first-order valence-corrected chi connectivity index (χ1v) is 14.9. The third kappa shape index (κ3) is 6.38. The molecule has 2 amide bonds. The van der Waals surface area contributed by atoms with Gasteiger partial charge in [-0.1, -0.05) is 11.6 Å². The van der Waals surface area contributed by atoms with Crippen LogP contribution in [0, 0.1) is 29.3 Å². The Balaban J connectivity index is 1.49. The number of nitrogens with one attached hydrogen (secondary N) is 2. The van der Waals surface area contributed by atoms with Crippen molar-refractivity contribution >= 4 is 38.9 Å². The maximum absolute atomic E-state index is 13.7. The molecule has 6 atom stereocenters. The molecule has 2 saturated carbocycles. The molecule has 3 unspecified atom stereocenters. The van der Waals surface area contributed by atoms with Gasteiger partial charge in [-0.2, -0.15) is 0 Å². The SMILES string of the molecule is CC(O)C(O)CNC(=O)C[C@@]1(O)C2CC[C@H]1C[C@H](S(=O)(=O)c1cc(C(=O)Nc3cc(F)c(F)c(F)c3)ccc1Cl)C2. The Kier molecular flexibility index (Phi) is 9.05. The molecule has 0 aliphatic heterocycles. The number of aliphatic hydroxyl groups is 3. The zero-order chi connectivity index (χ0) is 30.3. The normalized spacial score (nSPS) is 25.4. The smallest absolute Gasteiger partial charge is 0.255 e. The van der Waals surface area contributed by atoms with Gasteiger partial charge in [-0.05, 0) is 62.6 Å². The summed E-state index contributed by atoms with van der Waals surface area (Å²) < 4.78 is 67.7. The molecule has 2 aliphatic rings. The number of benzene rings is 2. The summed E-state index contributed by atoms with van der Waals surface area (Å²) in [4.78, 5) is 24.9. The molecule has 9 nitrogen and oxygen atoms in total. The van der Waals surface area contributed by atoms with E-state index < -0.39 is 74.0 Å². The van der Waals surface area contributed by atoms with Crippen molar-refractivity contribution in [2.75, 3.05) is 11.9 Å². The second-order valence-electron chi connectivity index (χ2n) is 10.7. The number of hydrogen-bond acceptors (Lipinski definition) is 7. The van der Waals surface area contributed by atoms with Crippen LogP contribution in [0.3, 0.4) is 0 Å². The minimum atomic E-state index is -4.13. The molecule has 14 heteroatoms. The van der Waals surface area contributed by atoms with Crippen LogP contribution in [-0.4, -0.2) is 65.2 Å². The van der Waals surface area contributed by atoms with Gasteiger partial charge in [0.1, 0.15) is 0 Å². The van der Waals surface area contributed by atoms with Crippen LogP contribution in [0.2, 0.25) is 5.02 Å². The Morgan fingerprint density at radius 2 is 1.66 bits per heavy atom. The average molecular weight is 619 g/mol. The third-order valence-corrected chi connectivity index (χ3v) is 10.7. The highest BCUT2D eigenvalue weighted by Crippen LogP contribution is 2.53. The van der Waals surface area contributed by atoms with Crippen molar-refractivity contribution in [2.45, 2.75) is 67.0 Å². The number of hydrogen-bond donors (Lipinski definition) is 5. The Morgan fingerprint density at radius 3 is 2.22 bits per heavy atom. The van der Waals surface area contributed by atoms with E-state index in [0.29, 0.717) is 25.0 Å². The van der Waals surface area contributed by atoms with Crippen LogP contribution >= 0.6 is 11.6 Å². The number of aliphatic hydroxyl groups excluding tert-OH is 2. The van der Waals surface area contributed by atoms with Gasteiger partial charge in [0.05, 0.1) is 39.4 Å². The molecule has 0 aromatic heterocycles. The molecule has 224 valence electrons. The number of amides is 2.